The second-order valence-corrected chi connectivity index (χ2v) is 7.15. The summed E-state index contributed by atoms with van der Waals surface area (Å²) in [6.45, 7) is 3.70. The maximum atomic E-state index is 12.2. The van der Waals surface area contributed by atoms with E-state index < -0.39 is 22.0 Å². The summed E-state index contributed by atoms with van der Waals surface area (Å²) in [6.07, 6.45) is 0. The van der Waals surface area contributed by atoms with Crippen LogP contribution in [0.1, 0.15) is 12.5 Å². The lowest BCUT2D eigenvalue weighted by Gasteiger charge is -2.15. The zero-order chi connectivity index (χ0) is 17.6. The Morgan fingerprint density at radius 3 is 2.43 bits per heavy atom. The Labute approximate surface area is 136 Å². The number of carbonyl (C=O) groups excluding carboxylic acids is 2. The third-order valence-electron chi connectivity index (χ3n) is 2.99. The first-order valence-corrected chi connectivity index (χ1v) is 8.47. The molecule has 0 unspecified atom stereocenters. The van der Waals surface area contributed by atoms with Crippen molar-refractivity contribution >= 4 is 27.6 Å². The van der Waals surface area contributed by atoms with Crippen LogP contribution in [-0.4, -0.2) is 51.8 Å². The number of urea groups is 1. The van der Waals surface area contributed by atoms with Crippen LogP contribution in [-0.2, 0) is 14.8 Å². The van der Waals surface area contributed by atoms with E-state index in [0.717, 1.165) is 4.31 Å². The number of imide groups is 1. The summed E-state index contributed by atoms with van der Waals surface area (Å²) in [6, 6.07) is 4.22. The van der Waals surface area contributed by atoms with E-state index in [9.17, 15) is 18.0 Å². The molecule has 0 spiro atoms. The van der Waals surface area contributed by atoms with E-state index in [-0.39, 0.29) is 11.4 Å². The molecule has 0 fully saturated rings. The highest BCUT2D eigenvalue weighted by molar-refractivity contribution is 7.89. The van der Waals surface area contributed by atoms with Gasteiger partial charge in [0.05, 0.1) is 11.4 Å². The highest BCUT2D eigenvalue weighted by Crippen LogP contribution is 2.22. The Bertz CT molecular complexity index is 686. The molecule has 1 aromatic rings. The van der Waals surface area contributed by atoms with Crippen molar-refractivity contribution in [3.05, 3.63) is 23.8 Å². The maximum Gasteiger partial charge on any atom is 0.321 e. The van der Waals surface area contributed by atoms with Gasteiger partial charge in [0, 0.05) is 26.3 Å². The zero-order valence-electron chi connectivity index (χ0n) is 13.6. The molecule has 3 N–H and O–H groups in total. The summed E-state index contributed by atoms with van der Waals surface area (Å²) in [4.78, 5) is 23.0. The first-order valence-electron chi connectivity index (χ1n) is 7.03. The molecule has 8 nitrogen and oxygen atoms in total. The van der Waals surface area contributed by atoms with Gasteiger partial charge in [0.15, 0.2) is 0 Å². The Kier molecular flexibility index (Phi) is 6.52. The van der Waals surface area contributed by atoms with Crippen molar-refractivity contribution < 1.29 is 18.0 Å². The number of carbonyl (C=O) groups is 2. The van der Waals surface area contributed by atoms with Crippen LogP contribution in [0.15, 0.2) is 23.1 Å². The van der Waals surface area contributed by atoms with Crippen LogP contribution in [0.25, 0.3) is 0 Å². The van der Waals surface area contributed by atoms with E-state index >= 15 is 0 Å². The number of anilines is 1. The van der Waals surface area contributed by atoms with Crippen molar-refractivity contribution in [3.8, 4) is 0 Å². The van der Waals surface area contributed by atoms with Gasteiger partial charge >= 0.3 is 6.03 Å². The smallest absolute Gasteiger partial charge is 0.321 e. The molecule has 0 heterocycles. The van der Waals surface area contributed by atoms with Gasteiger partial charge < -0.3 is 10.6 Å². The Balaban J connectivity index is 2.80. The van der Waals surface area contributed by atoms with Gasteiger partial charge in [-0.15, -0.1) is 0 Å². The van der Waals surface area contributed by atoms with E-state index in [1.165, 1.54) is 20.2 Å². The van der Waals surface area contributed by atoms with Gasteiger partial charge in [-0.05, 0) is 31.5 Å². The van der Waals surface area contributed by atoms with Crippen LogP contribution in [0.2, 0.25) is 0 Å². The van der Waals surface area contributed by atoms with E-state index in [0.29, 0.717) is 17.8 Å². The predicted molar refractivity (Wildman–Crippen MR) is 87.8 cm³/mol. The lowest BCUT2D eigenvalue weighted by Crippen LogP contribution is -2.41. The Morgan fingerprint density at radius 2 is 1.87 bits per heavy atom. The van der Waals surface area contributed by atoms with Crippen LogP contribution in [0.3, 0.4) is 0 Å². The molecule has 23 heavy (non-hydrogen) atoms. The lowest BCUT2D eigenvalue weighted by atomic mass is 10.2. The van der Waals surface area contributed by atoms with Crippen LogP contribution in [0, 0.1) is 6.92 Å². The standard InChI is InChI=1S/C14H22N4O4S/c1-5-15-14(20)17-13(19)9-16-11-7-6-10(2)12(8-11)23(21,22)18(3)4/h6-8,16H,5,9H2,1-4H3,(H2,15,17,19,20). The second kappa shape index (κ2) is 7.93. The summed E-state index contributed by atoms with van der Waals surface area (Å²) in [7, 11) is -0.660. The van der Waals surface area contributed by atoms with Crippen LogP contribution >= 0.6 is 0 Å². The minimum atomic E-state index is -3.57. The number of rotatable bonds is 6. The van der Waals surface area contributed by atoms with Crippen LogP contribution < -0.4 is 16.0 Å². The van der Waals surface area contributed by atoms with Crippen LogP contribution in [0.5, 0.6) is 0 Å². The first-order chi connectivity index (χ1) is 10.7. The number of hydrogen-bond donors (Lipinski definition) is 3. The summed E-state index contributed by atoms with van der Waals surface area (Å²) in [5.74, 6) is -0.520. The molecule has 1 aromatic carbocycles. The summed E-state index contributed by atoms with van der Waals surface area (Å²) in [5, 5.41) is 7.38. The molecule has 1 rings (SSSR count). The maximum absolute atomic E-state index is 12.2. The van der Waals surface area contributed by atoms with Gasteiger partial charge in [0.1, 0.15) is 0 Å². The molecule has 0 aliphatic carbocycles. The van der Waals surface area contributed by atoms with Gasteiger partial charge in [-0.1, -0.05) is 6.07 Å². The van der Waals surface area contributed by atoms with Crippen molar-refractivity contribution in [1.29, 1.82) is 0 Å². The first kappa shape index (κ1) is 18.9. The molecule has 0 saturated heterocycles. The van der Waals surface area contributed by atoms with Gasteiger partial charge in [0.2, 0.25) is 15.9 Å². The number of hydrogen-bond acceptors (Lipinski definition) is 5. The molecular weight excluding hydrogens is 320 g/mol. The number of nitrogens with zero attached hydrogens (tertiary/aromatic N) is 1. The van der Waals surface area contributed by atoms with Gasteiger partial charge in [-0.3, -0.25) is 10.1 Å². The molecular formula is C14H22N4O4S. The van der Waals surface area contributed by atoms with E-state index in [2.05, 4.69) is 16.0 Å². The third-order valence-corrected chi connectivity index (χ3v) is 4.95. The number of nitrogens with one attached hydrogen (secondary N) is 3. The highest BCUT2D eigenvalue weighted by atomic mass is 32.2. The van der Waals surface area contributed by atoms with Crippen LogP contribution in [0.4, 0.5) is 10.5 Å². The lowest BCUT2D eigenvalue weighted by molar-refractivity contribution is -0.118. The summed E-state index contributed by atoms with van der Waals surface area (Å²) in [5.41, 5.74) is 1.08. The molecule has 128 valence electrons. The molecule has 9 heteroatoms. The number of amides is 3. The predicted octanol–water partition coefficient (Wildman–Crippen LogP) is 0.503. The average molecular weight is 342 g/mol. The Hall–Kier alpha value is -2.13. The second-order valence-electron chi connectivity index (χ2n) is 5.03. The van der Waals surface area contributed by atoms with Gasteiger partial charge in [-0.25, -0.2) is 17.5 Å². The molecule has 0 atom stereocenters. The number of benzene rings is 1. The van der Waals surface area contributed by atoms with Gasteiger partial charge in [-0.2, -0.15) is 0 Å². The minimum Gasteiger partial charge on any atom is -0.376 e. The average Bonchev–Trinajstić information content (AvgIpc) is 2.46. The van der Waals surface area contributed by atoms with Crippen molar-refractivity contribution in [1.82, 2.24) is 14.9 Å². The quantitative estimate of drug-likeness (QED) is 0.698. The third kappa shape index (κ3) is 5.22. The number of sulfonamides is 1. The van der Waals surface area contributed by atoms with Crippen molar-refractivity contribution in [3.63, 3.8) is 0 Å². The van der Waals surface area contributed by atoms with Gasteiger partial charge in [0.25, 0.3) is 0 Å². The molecule has 0 aliphatic heterocycles. The summed E-state index contributed by atoms with van der Waals surface area (Å²) >= 11 is 0. The van der Waals surface area contributed by atoms with Crippen molar-refractivity contribution in [2.45, 2.75) is 18.7 Å². The highest BCUT2D eigenvalue weighted by Gasteiger charge is 2.20. The van der Waals surface area contributed by atoms with E-state index in [1.807, 2.05) is 0 Å². The van der Waals surface area contributed by atoms with Crippen molar-refractivity contribution in [2.75, 3.05) is 32.5 Å². The van der Waals surface area contributed by atoms with E-state index in [1.54, 1.807) is 26.0 Å². The fourth-order valence-corrected chi connectivity index (χ4v) is 2.89. The molecule has 0 bridgehead atoms. The SMILES string of the molecule is CCNC(=O)NC(=O)CNc1ccc(C)c(S(=O)(=O)N(C)C)c1. The fourth-order valence-electron chi connectivity index (χ4n) is 1.74. The van der Waals surface area contributed by atoms with E-state index in [4.69, 9.17) is 0 Å². The monoisotopic (exact) mass is 342 g/mol. The fraction of sp³-hybridized carbons (Fsp3) is 0.429. The molecule has 0 aliphatic rings. The molecule has 0 aromatic heterocycles. The van der Waals surface area contributed by atoms with Crippen molar-refractivity contribution in [2.24, 2.45) is 0 Å². The number of aryl methyl sites for hydroxylation is 1. The molecule has 0 saturated carbocycles. The zero-order valence-corrected chi connectivity index (χ0v) is 14.5. The molecule has 0 radical (unpaired) electrons. The largest absolute Gasteiger partial charge is 0.376 e. The topological polar surface area (TPSA) is 108 Å². The normalized spacial score (nSPS) is 11.2. The summed E-state index contributed by atoms with van der Waals surface area (Å²) < 4.78 is 25.6. The molecule has 3 amide bonds. The minimum absolute atomic E-state index is 0.151. The Morgan fingerprint density at radius 1 is 1.22 bits per heavy atom.